The van der Waals surface area contributed by atoms with Crippen LogP contribution < -0.4 is 10.2 Å². The summed E-state index contributed by atoms with van der Waals surface area (Å²) in [4.78, 5) is 34.0. The minimum atomic E-state index is -4.43. The van der Waals surface area contributed by atoms with Crippen LogP contribution in [0.2, 0.25) is 0 Å². The van der Waals surface area contributed by atoms with Gasteiger partial charge in [-0.1, -0.05) is 0 Å². The Kier molecular flexibility index (Phi) is 7.41. The average molecular weight is 513 g/mol. The topological polar surface area (TPSA) is 84.0 Å². The van der Waals surface area contributed by atoms with Crippen molar-refractivity contribution < 1.29 is 32.2 Å². The molecule has 1 aromatic heterocycles. The molecule has 0 radical (unpaired) electrons. The van der Waals surface area contributed by atoms with Crippen molar-refractivity contribution in [2.75, 3.05) is 44.3 Å². The zero-order chi connectivity index (χ0) is 26.1. The fourth-order valence-electron chi connectivity index (χ4n) is 5.55. The van der Waals surface area contributed by atoms with E-state index < -0.39 is 28.8 Å². The molecule has 200 valence electrons. The van der Waals surface area contributed by atoms with Gasteiger partial charge in [-0.3, -0.25) is 4.79 Å². The Labute approximate surface area is 209 Å². The SMILES string of the molecule is CC(C)(C)NC(=O)O[C@@H]1CC[C@@](C(=O)N2CCN(c3cc(C(F)(F)F)ccn3)CC2)([C@H]2CCOC2)C1. The Morgan fingerprint density at radius 3 is 2.50 bits per heavy atom. The Bertz CT molecular complexity index is 953. The molecule has 11 heteroatoms. The first-order valence-corrected chi connectivity index (χ1v) is 12.5. The molecule has 1 saturated carbocycles. The van der Waals surface area contributed by atoms with E-state index in [0.717, 1.165) is 18.6 Å². The van der Waals surface area contributed by atoms with Crippen molar-refractivity contribution in [2.24, 2.45) is 11.3 Å². The highest BCUT2D eigenvalue weighted by molar-refractivity contribution is 5.84. The van der Waals surface area contributed by atoms with Crippen LogP contribution >= 0.6 is 0 Å². The van der Waals surface area contributed by atoms with Gasteiger partial charge in [0.1, 0.15) is 11.9 Å². The van der Waals surface area contributed by atoms with Gasteiger partial charge in [-0.25, -0.2) is 9.78 Å². The molecule has 3 aliphatic rings. The molecule has 0 unspecified atom stereocenters. The van der Waals surface area contributed by atoms with E-state index in [1.807, 2.05) is 20.8 Å². The first-order chi connectivity index (χ1) is 16.9. The molecular formula is C25H35F3N4O4. The minimum absolute atomic E-state index is 0.0250. The van der Waals surface area contributed by atoms with Crippen molar-refractivity contribution >= 4 is 17.8 Å². The van der Waals surface area contributed by atoms with E-state index >= 15 is 0 Å². The molecule has 3 atom stereocenters. The largest absolute Gasteiger partial charge is 0.446 e. The van der Waals surface area contributed by atoms with Crippen LogP contribution in [0.25, 0.3) is 0 Å². The molecule has 0 spiro atoms. The zero-order valence-corrected chi connectivity index (χ0v) is 21.1. The Balaban J connectivity index is 1.42. The van der Waals surface area contributed by atoms with Crippen LogP contribution in [0.3, 0.4) is 0 Å². The monoisotopic (exact) mass is 512 g/mol. The summed E-state index contributed by atoms with van der Waals surface area (Å²) < 4.78 is 50.7. The lowest BCUT2D eigenvalue weighted by Crippen LogP contribution is -2.55. The summed E-state index contributed by atoms with van der Waals surface area (Å²) in [7, 11) is 0. The molecule has 1 N–H and O–H groups in total. The molecule has 1 aromatic rings. The van der Waals surface area contributed by atoms with Crippen LogP contribution in [0.15, 0.2) is 18.3 Å². The highest BCUT2D eigenvalue weighted by atomic mass is 19.4. The van der Waals surface area contributed by atoms with E-state index in [1.165, 1.54) is 6.20 Å². The summed E-state index contributed by atoms with van der Waals surface area (Å²) in [6.45, 7) is 8.30. The number of alkyl halides is 3. The first-order valence-electron chi connectivity index (χ1n) is 12.5. The second-order valence-corrected chi connectivity index (χ2v) is 11.0. The summed E-state index contributed by atoms with van der Waals surface area (Å²) in [6, 6.07) is 2.01. The number of pyridine rings is 1. The van der Waals surface area contributed by atoms with Crippen LogP contribution in [-0.4, -0.2) is 72.9 Å². The third-order valence-electron chi connectivity index (χ3n) is 7.36. The second-order valence-electron chi connectivity index (χ2n) is 11.0. The molecule has 2 amide bonds. The zero-order valence-electron chi connectivity index (χ0n) is 21.1. The van der Waals surface area contributed by atoms with E-state index in [1.54, 1.807) is 9.80 Å². The molecule has 4 rings (SSSR count). The number of anilines is 1. The van der Waals surface area contributed by atoms with Crippen molar-refractivity contribution in [2.45, 2.75) is 64.3 Å². The number of carbonyl (C=O) groups excluding carboxylic acids is 2. The predicted molar refractivity (Wildman–Crippen MR) is 126 cm³/mol. The number of halogens is 3. The van der Waals surface area contributed by atoms with Gasteiger partial charge in [0.25, 0.3) is 0 Å². The van der Waals surface area contributed by atoms with Crippen LogP contribution in [0.5, 0.6) is 0 Å². The van der Waals surface area contributed by atoms with E-state index in [2.05, 4.69) is 10.3 Å². The number of ether oxygens (including phenoxy) is 2. The van der Waals surface area contributed by atoms with Crippen LogP contribution in [-0.2, 0) is 20.4 Å². The van der Waals surface area contributed by atoms with Gasteiger partial charge in [0.15, 0.2) is 0 Å². The van der Waals surface area contributed by atoms with Gasteiger partial charge in [0.2, 0.25) is 5.91 Å². The number of hydrogen-bond acceptors (Lipinski definition) is 6. The summed E-state index contributed by atoms with van der Waals surface area (Å²) in [6.07, 6.45) is -1.66. The Morgan fingerprint density at radius 1 is 1.17 bits per heavy atom. The lowest BCUT2D eigenvalue weighted by Gasteiger charge is -2.42. The maximum atomic E-state index is 13.9. The number of rotatable bonds is 4. The second kappa shape index (κ2) is 10.1. The molecule has 8 nitrogen and oxygen atoms in total. The molecule has 1 aliphatic carbocycles. The molecule has 0 aromatic carbocycles. The maximum Gasteiger partial charge on any atom is 0.416 e. The third-order valence-corrected chi connectivity index (χ3v) is 7.36. The first kappa shape index (κ1) is 26.5. The van der Waals surface area contributed by atoms with Gasteiger partial charge in [-0.05, 0) is 64.5 Å². The standard InChI is InChI=1S/C25H35F3N4O4/c1-23(2,3)30-22(34)36-19-4-7-24(15-19,18-6-13-35-16-18)21(33)32-11-9-31(10-12-32)20-14-17(5-8-29-20)25(26,27)28/h5,8,14,18-19H,4,6-7,9-13,15-16H2,1-3H3,(H,30,34)/t18-,19+,24-/m0/s1. The van der Waals surface area contributed by atoms with E-state index in [-0.39, 0.29) is 23.7 Å². The average Bonchev–Trinajstić information content (AvgIpc) is 3.48. The Morgan fingerprint density at radius 2 is 1.89 bits per heavy atom. The van der Waals surface area contributed by atoms with Crippen molar-refractivity contribution in [3.05, 3.63) is 23.9 Å². The summed E-state index contributed by atoms with van der Waals surface area (Å²) in [5.41, 5.74) is -1.82. The highest BCUT2D eigenvalue weighted by Crippen LogP contribution is 2.50. The van der Waals surface area contributed by atoms with E-state index in [4.69, 9.17) is 9.47 Å². The number of nitrogens with one attached hydrogen (secondary N) is 1. The molecular weight excluding hydrogens is 477 g/mol. The number of carbonyl (C=O) groups is 2. The minimum Gasteiger partial charge on any atom is -0.446 e. The lowest BCUT2D eigenvalue weighted by atomic mass is 9.72. The number of nitrogens with zero attached hydrogens (tertiary/aromatic N) is 3. The fourth-order valence-corrected chi connectivity index (χ4v) is 5.55. The number of amides is 2. The van der Waals surface area contributed by atoms with Gasteiger partial charge >= 0.3 is 12.3 Å². The number of hydrogen-bond donors (Lipinski definition) is 1. The molecule has 0 bridgehead atoms. The van der Waals surface area contributed by atoms with E-state index in [0.29, 0.717) is 58.7 Å². The van der Waals surface area contributed by atoms with Crippen molar-refractivity contribution in [1.29, 1.82) is 0 Å². The van der Waals surface area contributed by atoms with Gasteiger partial charge < -0.3 is 24.6 Å². The van der Waals surface area contributed by atoms with Gasteiger partial charge in [-0.15, -0.1) is 0 Å². The summed E-state index contributed by atoms with van der Waals surface area (Å²) in [5, 5.41) is 2.81. The van der Waals surface area contributed by atoms with Crippen molar-refractivity contribution in [3.63, 3.8) is 0 Å². The quantitative estimate of drug-likeness (QED) is 0.660. The van der Waals surface area contributed by atoms with Crippen molar-refractivity contribution in [1.82, 2.24) is 15.2 Å². The van der Waals surface area contributed by atoms with Crippen LogP contribution in [0.4, 0.5) is 23.8 Å². The van der Waals surface area contributed by atoms with Gasteiger partial charge in [-0.2, -0.15) is 13.2 Å². The molecule has 36 heavy (non-hydrogen) atoms. The lowest BCUT2D eigenvalue weighted by molar-refractivity contribution is -0.146. The predicted octanol–water partition coefficient (Wildman–Crippen LogP) is 3.85. The highest BCUT2D eigenvalue weighted by Gasteiger charge is 2.54. The number of alkyl carbamates (subject to hydrolysis) is 1. The van der Waals surface area contributed by atoms with Gasteiger partial charge in [0, 0.05) is 44.5 Å². The maximum absolute atomic E-state index is 13.9. The number of aromatic nitrogens is 1. The third kappa shape index (κ3) is 5.87. The normalized spacial score (nSPS) is 27.3. The molecule has 3 heterocycles. The molecule has 3 fully saturated rings. The Hall–Kier alpha value is -2.56. The smallest absolute Gasteiger partial charge is 0.416 e. The van der Waals surface area contributed by atoms with Crippen LogP contribution in [0, 0.1) is 11.3 Å². The fraction of sp³-hybridized carbons (Fsp3) is 0.720. The van der Waals surface area contributed by atoms with Crippen molar-refractivity contribution in [3.8, 4) is 0 Å². The number of piperazine rings is 1. The molecule has 2 aliphatic heterocycles. The molecule has 2 saturated heterocycles. The summed E-state index contributed by atoms with van der Waals surface area (Å²) in [5.74, 6) is 0.333. The van der Waals surface area contributed by atoms with Gasteiger partial charge in [0.05, 0.1) is 17.6 Å². The summed E-state index contributed by atoms with van der Waals surface area (Å²) >= 11 is 0. The van der Waals surface area contributed by atoms with Crippen LogP contribution in [0.1, 0.15) is 52.0 Å². The van der Waals surface area contributed by atoms with E-state index in [9.17, 15) is 22.8 Å².